The van der Waals surface area contributed by atoms with E-state index in [-0.39, 0.29) is 17.5 Å². The predicted octanol–water partition coefficient (Wildman–Crippen LogP) is 1.69. The standard InChI is InChI=1S/C20H27N5O2/c1-15-6-10-23(11-7-15)14-19(26)24-12-8-16(9-13-24)25-20(27)17-4-2-3-5-18(17)21-22-25/h2-5,15-16H,6-14H2,1H3. The summed E-state index contributed by atoms with van der Waals surface area (Å²) < 4.78 is 1.51. The second-order valence-electron chi connectivity index (χ2n) is 7.93. The first-order valence-corrected chi connectivity index (χ1v) is 9.96. The molecule has 0 bridgehead atoms. The molecule has 1 aromatic heterocycles. The molecule has 2 saturated heterocycles. The van der Waals surface area contributed by atoms with Gasteiger partial charge in [-0.15, -0.1) is 5.10 Å². The maximum absolute atomic E-state index is 12.7. The minimum atomic E-state index is -0.0900. The molecular formula is C20H27N5O2. The van der Waals surface area contributed by atoms with Crippen molar-refractivity contribution in [2.24, 2.45) is 5.92 Å². The number of carbonyl (C=O) groups excluding carboxylic acids is 1. The van der Waals surface area contributed by atoms with Crippen LogP contribution in [0.1, 0.15) is 38.6 Å². The van der Waals surface area contributed by atoms with Gasteiger partial charge >= 0.3 is 0 Å². The van der Waals surface area contributed by atoms with Gasteiger partial charge in [0, 0.05) is 13.1 Å². The van der Waals surface area contributed by atoms with Gasteiger partial charge < -0.3 is 4.90 Å². The van der Waals surface area contributed by atoms with Gasteiger partial charge in [-0.25, -0.2) is 4.68 Å². The number of amides is 1. The number of carbonyl (C=O) groups is 1. The quantitative estimate of drug-likeness (QED) is 0.823. The van der Waals surface area contributed by atoms with E-state index in [0.29, 0.717) is 30.5 Å². The van der Waals surface area contributed by atoms with Crippen LogP contribution >= 0.6 is 0 Å². The van der Waals surface area contributed by atoms with Crippen LogP contribution in [0.3, 0.4) is 0 Å². The first kappa shape index (κ1) is 18.1. The molecule has 1 amide bonds. The summed E-state index contributed by atoms with van der Waals surface area (Å²) in [5, 5.41) is 8.93. The van der Waals surface area contributed by atoms with E-state index in [1.807, 2.05) is 17.0 Å². The molecule has 144 valence electrons. The second-order valence-corrected chi connectivity index (χ2v) is 7.93. The van der Waals surface area contributed by atoms with E-state index in [2.05, 4.69) is 22.1 Å². The Labute approximate surface area is 158 Å². The molecule has 4 rings (SSSR count). The summed E-state index contributed by atoms with van der Waals surface area (Å²) in [7, 11) is 0. The zero-order valence-corrected chi connectivity index (χ0v) is 15.9. The number of hydrogen-bond donors (Lipinski definition) is 0. The molecule has 0 unspecified atom stereocenters. The van der Waals surface area contributed by atoms with Crippen molar-refractivity contribution >= 4 is 16.8 Å². The van der Waals surface area contributed by atoms with Crippen LogP contribution in [0.5, 0.6) is 0 Å². The van der Waals surface area contributed by atoms with Crippen molar-refractivity contribution in [2.45, 2.75) is 38.6 Å². The molecule has 0 radical (unpaired) electrons. The number of nitrogens with zero attached hydrogens (tertiary/aromatic N) is 5. The third kappa shape index (κ3) is 3.88. The number of benzene rings is 1. The minimum absolute atomic E-state index is 0.00879. The molecule has 7 nitrogen and oxygen atoms in total. The smallest absolute Gasteiger partial charge is 0.277 e. The van der Waals surface area contributed by atoms with E-state index in [1.54, 1.807) is 12.1 Å². The van der Waals surface area contributed by atoms with E-state index in [9.17, 15) is 9.59 Å². The third-order valence-electron chi connectivity index (χ3n) is 5.99. The highest BCUT2D eigenvalue weighted by Crippen LogP contribution is 2.22. The first-order valence-electron chi connectivity index (χ1n) is 9.96. The van der Waals surface area contributed by atoms with Crippen LogP contribution in [-0.2, 0) is 4.79 Å². The number of aromatic nitrogens is 3. The summed E-state index contributed by atoms with van der Waals surface area (Å²) in [5.41, 5.74) is 0.537. The van der Waals surface area contributed by atoms with Crippen molar-refractivity contribution in [2.75, 3.05) is 32.7 Å². The molecule has 0 aliphatic carbocycles. The van der Waals surface area contributed by atoms with Gasteiger partial charge in [0.1, 0.15) is 5.52 Å². The number of rotatable bonds is 3. The predicted molar refractivity (Wildman–Crippen MR) is 103 cm³/mol. The van der Waals surface area contributed by atoms with E-state index in [0.717, 1.165) is 31.8 Å². The highest BCUT2D eigenvalue weighted by atomic mass is 16.2. The van der Waals surface area contributed by atoms with Crippen molar-refractivity contribution in [3.05, 3.63) is 34.6 Å². The molecule has 2 aromatic rings. The number of likely N-dealkylation sites (tertiary alicyclic amines) is 2. The van der Waals surface area contributed by atoms with Crippen molar-refractivity contribution in [3.63, 3.8) is 0 Å². The van der Waals surface area contributed by atoms with Crippen LogP contribution < -0.4 is 5.56 Å². The Kier molecular flexibility index (Phi) is 5.20. The molecule has 2 aliphatic heterocycles. The summed E-state index contributed by atoms with van der Waals surface area (Å²) in [6.45, 7) is 6.19. The summed E-state index contributed by atoms with van der Waals surface area (Å²) >= 11 is 0. The molecule has 7 heteroatoms. The fourth-order valence-corrected chi connectivity index (χ4v) is 4.11. The molecule has 2 fully saturated rings. The fraction of sp³-hybridized carbons (Fsp3) is 0.600. The van der Waals surface area contributed by atoms with Gasteiger partial charge in [-0.1, -0.05) is 24.3 Å². The largest absolute Gasteiger partial charge is 0.341 e. The van der Waals surface area contributed by atoms with E-state index >= 15 is 0 Å². The lowest BCUT2D eigenvalue weighted by atomic mass is 9.99. The minimum Gasteiger partial charge on any atom is -0.341 e. The Morgan fingerprint density at radius 2 is 1.78 bits per heavy atom. The average Bonchev–Trinajstić information content (AvgIpc) is 2.70. The molecule has 1 aromatic carbocycles. The van der Waals surface area contributed by atoms with Crippen LogP contribution in [0.25, 0.3) is 10.9 Å². The van der Waals surface area contributed by atoms with Gasteiger partial charge in [-0.2, -0.15) is 0 Å². The Morgan fingerprint density at radius 1 is 1.07 bits per heavy atom. The SMILES string of the molecule is CC1CCN(CC(=O)N2CCC(n3nnc4ccccc4c3=O)CC2)CC1. The molecule has 0 N–H and O–H groups in total. The fourth-order valence-electron chi connectivity index (χ4n) is 4.11. The normalized spacial score (nSPS) is 20.3. The van der Waals surface area contributed by atoms with Gasteiger partial charge in [0.15, 0.2) is 0 Å². The van der Waals surface area contributed by atoms with Crippen LogP contribution in [0.4, 0.5) is 0 Å². The van der Waals surface area contributed by atoms with Crippen LogP contribution in [0.15, 0.2) is 29.1 Å². The van der Waals surface area contributed by atoms with Gasteiger partial charge in [0.05, 0.1) is 18.0 Å². The Hall–Kier alpha value is -2.28. The Balaban J connectivity index is 1.37. The maximum Gasteiger partial charge on any atom is 0.277 e. The molecule has 0 saturated carbocycles. The van der Waals surface area contributed by atoms with Crippen molar-refractivity contribution < 1.29 is 4.79 Å². The summed E-state index contributed by atoms with van der Waals surface area (Å²) in [6, 6.07) is 7.30. The van der Waals surface area contributed by atoms with Crippen LogP contribution in [-0.4, -0.2) is 63.4 Å². The highest BCUT2D eigenvalue weighted by molar-refractivity contribution is 5.78. The topological polar surface area (TPSA) is 71.3 Å². The lowest BCUT2D eigenvalue weighted by molar-refractivity contribution is -0.134. The zero-order chi connectivity index (χ0) is 18.8. The number of fused-ring (bicyclic) bond motifs is 1. The average molecular weight is 369 g/mol. The van der Waals surface area contributed by atoms with Gasteiger partial charge in [0.2, 0.25) is 5.91 Å². The van der Waals surface area contributed by atoms with Gasteiger partial charge in [-0.3, -0.25) is 14.5 Å². The van der Waals surface area contributed by atoms with Crippen LogP contribution in [0, 0.1) is 5.92 Å². The monoisotopic (exact) mass is 369 g/mol. The first-order chi connectivity index (χ1) is 13.1. The Morgan fingerprint density at radius 3 is 2.52 bits per heavy atom. The number of piperidine rings is 2. The van der Waals surface area contributed by atoms with Gasteiger partial charge in [-0.05, 0) is 56.8 Å². The lowest BCUT2D eigenvalue weighted by Crippen LogP contribution is -2.47. The van der Waals surface area contributed by atoms with Crippen molar-refractivity contribution in [3.8, 4) is 0 Å². The molecular weight excluding hydrogens is 342 g/mol. The highest BCUT2D eigenvalue weighted by Gasteiger charge is 2.27. The molecule has 0 atom stereocenters. The van der Waals surface area contributed by atoms with Gasteiger partial charge in [0.25, 0.3) is 5.56 Å². The molecule has 27 heavy (non-hydrogen) atoms. The maximum atomic E-state index is 12.7. The van der Waals surface area contributed by atoms with Crippen molar-refractivity contribution in [1.82, 2.24) is 24.8 Å². The van der Waals surface area contributed by atoms with E-state index in [4.69, 9.17) is 0 Å². The summed E-state index contributed by atoms with van der Waals surface area (Å²) in [6.07, 6.45) is 3.85. The summed E-state index contributed by atoms with van der Waals surface area (Å²) in [4.78, 5) is 29.5. The third-order valence-corrected chi connectivity index (χ3v) is 5.99. The molecule has 3 heterocycles. The van der Waals surface area contributed by atoms with E-state index in [1.165, 1.54) is 17.5 Å². The van der Waals surface area contributed by atoms with E-state index < -0.39 is 0 Å². The summed E-state index contributed by atoms with van der Waals surface area (Å²) in [5.74, 6) is 0.980. The number of hydrogen-bond acceptors (Lipinski definition) is 5. The zero-order valence-electron chi connectivity index (χ0n) is 15.9. The van der Waals surface area contributed by atoms with Crippen molar-refractivity contribution in [1.29, 1.82) is 0 Å². The molecule has 2 aliphatic rings. The molecule has 0 spiro atoms. The lowest BCUT2D eigenvalue weighted by Gasteiger charge is -2.35. The second kappa shape index (κ2) is 7.76. The van der Waals surface area contributed by atoms with Crippen LogP contribution in [0.2, 0.25) is 0 Å². The Bertz CT molecular complexity index is 864.